The second-order valence-electron chi connectivity index (χ2n) is 9.58. The maximum atomic E-state index is 4.68. The Balaban J connectivity index is 1.45. The Morgan fingerprint density at radius 1 is 0.471 bits per heavy atom. The van der Waals surface area contributed by atoms with Gasteiger partial charge in [0.2, 0.25) is 0 Å². The highest BCUT2D eigenvalue weighted by Crippen LogP contribution is 2.22. The zero-order valence-corrected chi connectivity index (χ0v) is 21.4. The van der Waals surface area contributed by atoms with E-state index < -0.39 is 0 Å². The number of unbranched alkanes of at least 4 members (excludes halogenated alkanes) is 10. The van der Waals surface area contributed by atoms with Gasteiger partial charge in [0, 0.05) is 29.7 Å². The van der Waals surface area contributed by atoms with Crippen LogP contribution in [-0.2, 0) is 12.8 Å². The van der Waals surface area contributed by atoms with Gasteiger partial charge in [-0.25, -0.2) is 9.97 Å². The van der Waals surface area contributed by atoms with Crippen LogP contribution in [0.1, 0.15) is 102 Å². The summed E-state index contributed by atoms with van der Waals surface area (Å²) < 4.78 is 0. The molecule has 0 unspecified atom stereocenters. The van der Waals surface area contributed by atoms with Crippen molar-refractivity contribution in [2.24, 2.45) is 0 Å². The van der Waals surface area contributed by atoms with Crippen LogP contribution in [0.5, 0.6) is 0 Å². The molecule has 2 aromatic heterocycles. The molecule has 0 aliphatic rings. The first-order valence-electron chi connectivity index (χ1n) is 13.7. The van der Waals surface area contributed by atoms with Gasteiger partial charge < -0.3 is 0 Å². The molecular formula is C31H43N3. The molecule has 34 heavy (non-hydrogen) atoms. The van der Waals surface area contributed by atoms with Crippen LogP contribution >= 0.6 is 0 Å². The third kappa shape index (κ3) is 9.00. The molecule has 2 heterocycles. The summed E-state index contributed by atoms with van der Waals surface area (Å²) in [5.74, 6) is 0.751. The number of rotatable bonds is 16. The maximum Gasteiger partial charge on any atom is 0.160 e. The van der Waals surface area contributed by atoms with E-state index in [1.54, 1.807) is 0 Å². The monoisotopic (exact) mass is 457 g/mol. The summed E-state index contributed by atoms with van der Waals surface area (Å²) in [5.41, 5.74) is 5.77. The van der Waals surface area contributed by atoms with E-state index in [-0.39, 0.29) is 0 Å². The predicted molar refractivity (Wildman–Crippen MR) is 145 cm³/mol. The molecule has 0 radical (unpaired) electrons. The van der Waals surface area contributed by atoms with Crippen molar-refractivity contribution in [2.45, 2.75) is 104 Å². The van der Waals surface area contributed by atoms with E-state index in [1.807, 2.05) is 18.6 Å². The van der Waals surface area contributed by atoms with Gasteiger partial charge >= 0.3 is 0 Å². The van der Waals surface area contributed by atoms with Crippen LogP contribution < -0.4 is 0 Å². The van der Waals surface area contributed by atoms with Crippen LogP contribution in [0.3, 0.4) is 0 Å². The van der Waals surface area contributed by atoms with Crippen LogP contribution in [0, 0.1) is 0 Å². The van der Waals surface area contributed by atoms with Crippen molar-refractivity contribution in [3.63, 3.8) is 0 Å². The minimum Gasteiger partial charge on any atom is -0.255 e. The smallest absolute Gasteiger partial charge is 0.160 e. The number of hydrogen-bond acceptors (Lipinski definition) is 3. The summed E-state index contributed by atoms with van der Waals surface area (Å²) >= 11 is 0. The fraction of sp³-hybridized carbons (Fsp3) is 0.516. The van der Waals surface area contributed by atoms with Gasteiger partial charge in [0.25, 0.3) is 0 Å². The van der Waals surface area contributed by atoms with E-state index in [4.69, 9.17) is 0 Å². The van der Waals surface area contributed by atoms with Crippen molar-refractivity contribution in [3.8, 4) is 22.6 Å². The molecule has 182 valence electrons. The standard InChI is InChI=1S/C31H43N3/c1-3-5-7-9-10-12-14-16-27-23-33-31(34-24-27)29-21-22-30(32-25-29)28-19-17-26(18-20-28)15-13-11-8-6-4-2/h17-25H,3-16H2,1-2H3. The first kappa shape index (κ1) is 26.1. The molecule has 3 heteroatoms. The van der Waals surface area contributed by atoms with Gasteiger partial charge in [-0.1, -0.05) is 102 Å². The largest absolute Gasteiger partial charge is 0.255 e. The summed E-state index contributed by atoms with van der Waals surface area (Å²) in [4.78, 5) is 13.9. The number of pyridine rings is 1. The van der Waals surface area contributed by atoms with E-state index in [1.165, 1.54) is 94.6 Å². The SMILES string of the molecule is CCCCCCCCCc1cnc(-c2ccc(-c3ccc(CCCCCCC)cc3)nc2)nc1. The highest BCUT2D eigenvalue weighted by atomic mass is 14.9. The van der Waals surface area contributed by atoms with Gasteiger partial charge in [-0.2, -0.15) is 0 Å². The molecule has 0 atom stereocenters. The third-order valence-corrected chi connectivity index (χ3v) is 6.61. The fourth-order valence-electron chi connectivity index (χ4n) is 4.39. The van der Waals surface area contributed by atoms with E-state index in [0.29, 0.717) is 0 Å². The minimum absolute atomic E-state index is 0.751. The lowest BCUT2D eigenvalue weighted by atomic mass is 10.0. The summed E-state index contributed by atoms with van der Waals surface area (Å²) in [6.07, 6.45) is 24.0. The topological polar surface area (TPSA) is 38.7 Å². The average molecular weight is 458 g/mol. The molecule has 3 rings (SSSR count). The first-order valence-corrected chi connectivity index (χ1v) is 13.7. The van der Waals surface area contributed by atoms with Crippen molar-refractivity contribution in [3.05, 3.63) is 66.1 Å². The van der Waals surface area contributed by atoms with Crippen LogP contribution in [-0.4, -0.2) is 15.0 Å². The maximum absolute atomic E-state index is 4.68. The quantitative estimate of drug-likeness (QED) is 0.201. The van der Waals surface area contributed by atoms with Crippen molar-refractivity contribution in [1.82, 2.24) is 15.0 Å². The molecule has 0 bridgehead atoms. The van der Waals surface area contributed by atoms with Crippen molar-refractivity contribution >= 4 is 0 Å². The summed E-state index contributed by atoms with van der Waals surface area (Å²) in [6.45, 7) is 4.53. The van der Waals surface area contributed by atoms with Crippen molar-refractivity contribution in [1.29, 1.82) is 0 Å². The summed E-state index contributed by atoms with van der Waals surface area (Å²) in [7, 11) is 0. The van der Waals surface area contributed by atoms with E-state index >= 15 is 0 Å². The van der Waals surface area contributed by atoms with Crippen molar-refractivity contribution in [2.75, 3.05) is 0 Å². The second kappa shape index (κ2) is 15.4. The Hall–Kier alpha value is -2.55. The van der Waals surface area contributed by atoms with Crippen LogP contribution in [0.15, 0.2) is 55.0 Å². The number of nitrogens with zero attached hydrogens (tertiary/aromatic N) is 3. The fourth-order valence-corrected chi connectivity index (χ4v) is 4.39. The molecule has 0 fully saturated rings. The zero-order valence-electron chi connectivity index (χ0n) is 21.4. The number of aryl methyl sites for hydroxylation is 2. The summed E-state index contributed by atoms with van der Waals surface area (Å²) in [5, 5.41) is 0. The van der Waals surface area contributed by atoms with E-state index in [9.17, 15) is 0 Å². The lowest BCUT2D eigenvalue weighted by Crippen LogP contribution is -1.94. The Morgan fingerprint density at radius 3 is 1.56 bits per heavy atom. The van der Waals surface area contributed by atoms with Crippen LogP contribution in [0.4, 0.5) is 0 Å². The molecule has 0 spiro atoms. The first-order chi connectivity index (χ1) is 16.8. The number of benzene rings is 1. The lowest BCUT2D eigenvalue weighted by molar-refractivity contribution is 0.589. The Morgan fingerprint density at radius 2 is 1.00 bits per heavy atom. The second-order valence-corrected chi connectivity index (χ2v) is 9.58. The number of aromatic nitrogens is 3. The zero-order chi connectivity index (χ0) is 23.8. The van der Waals surface area contributed by atoms with Gasteiger partial charge in [-0.05, 0) is 48.9 Å². The molecule has 0 amide bonds. The Labute approximate surface area is 207 Å². The Bertz CT molecular complexity index is 914. The van der Waals surface area contributed by atoms with Gasteiger partial charge in [0.1, 0.15) is 0 Å². The third-order valence-electron chi connectivity index (χ3n) is 6.61. The molecule has 0 N–H and O–H groups in total. The van der Waals surface area contributed by atoms with Gasteiger partial charge in [0.15, 0.2) is 5.82 Å². The normalized spacial score (nSPS) is 11.1. The molecule has 0 saturated heterocycles. The van der Waals surface area contributed by atoms with Crippen molar-refractivity contribution < 1.29 is 0 Å². The molecule has 0 aliphatic heterocycles. The summed E-state index contributed by atoms with van der Waals surface area (Å²) in [6, 6.07) is 13.0. The highest BCUT2D eigenvalue weighted by Gasteiger charge is 2.05. The van der Waals surface area contributed by atoms with Gasteiger partial charge in [0.05, 0.1) is 5.69 Å². The molecule has 0 aliphatic carbocycles. The lowest BCUT2D eigenvalue weighted by Gasteiger charge is -2.06. The van der Waals surface area contributed by atoms with E-state index in [2.05, 4.69) is 65.2 Å². The van der Waals surface area contributed by atoms with E-state index in [0.717, 1.165) is 29.1 Å². The molecule has 1 aromatic carbocycles. The van der Waals surface area contributed by atoms with Gasteiger partial charge in [-0.15, -0.1) is 0 Å². The predicted octanol–water partition coefficient (Wildman–Crippen LogP) is 9.01. The Kier molecular flexibility index (Phi) is 11.8. The molecular weight excluding hydrogens is 414 g/mol. The van der Waals surface area contributed by atoms with Crippen LogP contribution in [0.2, 0.25) is 0 Å². The molecule has 3 aromatic rings. The highest BCUT2D eigenvalue weighted by molar-refractivity contribution is 5.63. The average Bonchev–Trinajstić information content (AvgIpc) is 2.89. The number of hydrogen-bond donors (Lipinski definition) is 0. The van der Waals surface area contributed by atoms with Gasteiger partial charge in [-0.3, -0.25) is 4.98 Å². The van der Waals surface area contributed by atoms with Crippen LogP contribution in [0.25, 0.3) is 22.6 Å². The minimum atomic E-state index is 0.751. The molecule has 0 saturated carbocycles. The molecule has 3 nitrogen and oxygen atoms in total.